The lowest BCUT2D eigenvalue weighted by Crippen LogP contribution is -2.22. The van der Waals surface area contributed by atoms with Crippen molar-refractivity contribution < 1.29 is 18.2 Å². The van der Waals surface area contributed by atoms with Crippen molar-refractivity contribution in [1.82, 2.24) is 9.96 Å². The van der Waals surface area contributed by atoms with E-state index in [1.54, 1.807) is 12.4 Å². The van der Waals surface area contributed by atoms with Crippen LogP contribution in [0, 0.1) is 0 Å². The van der Waals surface area contributed by atoms with E-state index in [4.69, 9.17) is 4.62 Å². The summed E-state index contributed by atoms with van der Waals surface area (Å²) < 4.78 is 25.6. The zero-order valence-corrected chi connectivity index (χ0v) is 8.73. The first kappa shape index (κ1) is 10.5. The van der Waals surface area contributed by atoms with Crippen LogP contribution in [0.1, 0.15) is 0 Å². The lowest BCUT2D eigenvalue weighted by atomic mass is 10.9. The highest BCUT2D eigenvalue weighted by atomic mass is 31.2. The van der Waals surface area contributed by atoms with E-state index >= 15 is 0 Å². The number of nitrogens with zero attached hydrogens (tertiary/aromatic N) is 2. The first-order chi connectivity index (χ1) is 6.09. The fraction of sp³-hybridized carbons (Fsp3) is 0.667. The minimum atomic E-state index is -3.41. The van der Waals surface area contributed by atoms with E-state index in [1.165, 1.54) is 19.3 Å². The van der Waals surface area contributed by atoms with Crippen LogP contribution in [0.25, 0.3) is 0 Å². The van der Waals surface area contributed by atoms with Crippen molar-refractivity contribution in [3.8, 4) is 0 Å². The predicted molar refractivity (Wildman–Crippen MR) is 46.3 cm³/mol. The summed E-state index contributed by atoms with van der Waals surface area (Å²) >= 11 is 0. The Bertz CT molecular complexity index is 237. The standard InChI is InChI=1S/C6H13N2O4P/c1-7-4-5-8(6-7)12-13(9,10-2)11-3/h4-5H,6H2,1-3H3. The van der Waals surface area contributed by atoms with Crippen LogP contribution in [0.2, 0.25) is 0 Å². The fourth-order valence-corrected chi connectivity index (χ4v) is 1.47. The molecule has 0 saturated heterocycles. The summed E-state index contributed by atoms with van der Waals surface area (Å²) in [5.74, 6) is 0. The lowest BCUT2D eigenvalue weighted by molar-refractivity contribution is -0.0535. The molecule has 0 saturated carbocycles. The van der Waals surface area contributed by atoms with Crippen LogP contribution in [0.3, 0.4) is 0 Å². The van der Waals surface area contributed by atoms with Gasteiger partial charge >= 0.3 is 7.82 Å². The molecule has 0 aliphatic carbocycles. The zero-order valence-electron chi connectivity index (χ0n) is 7.84. The van der Waals surface area contributed by atoms with Gasteiger partial charge in [0.05, 0.1) is 0 Å². The molecule has 76 valence electrons. The highest BCUT2D eigenvalue weighted by Crippen LogP contribution is 2.48. The molecule has 0 atom stereocenters. The van der Waals surface area contributed by atoms with Crippen LogP contribution >= 0.6 is 7.82 Å². The molecule has 0 fully saturated rings. The third-order valence-electron chi connectivity index (χ3n) is 1.50. The van der Waals surface area contributed by atoms with Gasteiger partial charge in [0.1, 0.15) is 6.67 Å². The van der Waals surface area contributed by atoms with Crippen molar-refractivity contribution in [2.45, 2.75) is 0 Å². The van der Waals surface area contributed by atoms with Crippen molar-refractivity contribution in [1.29, 1.82) is 0 Å². The summed E-state index contributed by atoms with van der Waals surface area (Å²) in [6, 6.07) is 0. The van der Waals surface area contributed by atoms with Crippen LogP contribution in [0.5, 0.6) is 0 Å². The van der Waals surface area contributed by atoms with Gasteiger partial charge in [-0.05, 0) is 0 Å². The molecule has 1 heterocycles. The van der Waals surface area contributed by atoms with Crippen molar-refractivity contribution in [3.63, 3.8) is 0 Å². The number of phosphoric acid groups is 1. The summed E-state index contributed by atoms with van der Waals surface area (Å²) in [6.07, 6.45) is 3.43. The first-order valence-corrected chi connectivity index (χ1v) is 5.12. The Morgan fingerprint density at radius 2 is 1.92 bits per heavy atom. The maximum Gasteiger partial charge on any atom is 0.495 e. The Morgan fingerprint density at radius 1 is 1.31 bits per heavy atom. The van der Waals surface area contributed by atoms with Crippen molar-refractivity contribution >= 4 is 7.82 Å². The van der Waals surface area contributed by atoms with E-state index in [0.717, 1.165) is 0 Å². The molecule has 7 heteroatoms. The molecular formula is C6H13N2O4P. The first-order valence-electron chi connectivity index (χ1n) is 3.66. The largest absolute Gasteiger partial charge is 0.495 e. The smallest absolute Gasteiger partial charge is 0.360 e. The summed E-state index contributed by atoms with van der Waals surface area (Å²) in [4.78, 5) is 1.86. The van der Waals surface area contributed by atoms with Gasteiger partial charge in [-0.2, -0.15) is 4.62 Å². The summed E-state index contributed by atoms with van der Waals surface area (Å²) in [5.41, 5.74) is 0. The number of hydrogen-bond donors (Lipinski definition) is 0. The fourth-order valence-electron chi connectivity index (χ4n) is 0.825. The Labute approximate surface area is 77.2 Å². The molecule has 0 aromatic heterocycles. The normalized spacial score (nSPS) is 17.2. The van der Waals surface area contributed by atoms with Crippen LogP contribution in [-0.4, -0.2) is 37.9 Å². The molecule has 0 aromatic rings. The van der Waals surface area contributed by atoms with Gasteiger partial charge in [0.2, 0.25) is 0 Å². The highest BCUT2D eigenvalue weighted by molar-refractivity contribution is 7.48. The van der Waals surface area contributed by atoms with Gasteiger partial charge in [-0.15, -0.1) is 0 Å². The summed E-state index contributed by atoms with van der Waals surface area (Å²) in [6.45, 7) is 0.497. The van der Waals surface area contributed by atoms with Crippen molar-refractivity contribution in [3.05, 3.63) is 12.4 Å². The van der Waals surface area contributed by atoms with Crippen LogP contribution in [-0.2, 0) is 18.2 Å². The van der Waals surface area contributed by atoms with Gasteiger partial charge in [-0.3, -0.25) is 9.05 Å². The Morgan fingerprint density at radius 3 is 2.31 bits per heavy atom. The Kier molecular flexibility index (Phi) is 3.33. The van der Waals surface area contributed by atoms with Crippen molar-refractivity contribution in [2.75, 3.05) is 27.9 Å². The molecule has 13 heavy (non-hydrogen) atoms. The molecule has 0 spiro atoms. The van der Waals surface area contributed by atoms with Gasteiger partial charge in [-0.25, -0.2) is 9.63 Å². The van der Waals surface area contributed by atoms with E-state index < -0.39 is 7.82 Å². The average Bonchev–Trinajstić information content (AvgIpc) is 2.51. The van der Waals surface area contributed by atoms with E-state index in [2.05, 4.69) is 9.05 Å². The van der Waals surface area contributed by atoms with Crippen molar-refractivity contribution in [2.24, 2.45) is 0 Å². The molecule has 6 nitrogen and oxygen atoms in total. The third kappa shape index (κ3) is 2.70. The molecular weight excluding hydrogens is 195 g/mol. The minimum absolute atomic E-state index is 0.497. The second-order valence-corrected chi connectivity index (χ2v) is 4.30. The predicted octanol–water partition coefficient (Wildman–Crippen LogP) is 0.995. The van der Waals surface area contributed by atoms with Gasteiger partial charge in [-0.1, -0.05) is 0 Å². The highest BCUT2D eigenvalue weighted by Gasteiger charge is 2.27. The molecule has 0 N–H and O–H groups in total. The Balaban J connectivity index is 2.49. The van der Waals surface area contributed by atoms with Crippen LogP contribution < -0.4 is 0 Å². The number of rotatable bonds is 4. The van der Waals surface area contributed by atoms with Crippen LogP contribution in [0.15, 0.2) is 12.4 Å². The maximum atomic E-state index is 11.5. The number of phosphoric ester groups is 1. The molecule has 1 aliphatic heterocycles. The van der Waals surface area contributed by atoms with Crippen LogP contribution in [0.4, 0.5) is 0 Å². The van der Waals surface area contributed by atoms with Gasteiger partial charge < -0.3 is 4.90 Å². The molecule has 1 aliphatic rings. The van der Waals surface area contributed by atoms with E-state index in [1.807, 2.05) is 11.9 Å². The minimum Gasteiger partial charge on any atom is -0.360 e. The van der Waals surface area contributed by atoms with Gasteiger partial charge in [0.25, 0.3) is 0 Å². The molecule has 0 amide bonds. The molecule has 0 radical (unpaired) electrons. The average molecular weight is 208 g/mol. The second kappa shape index (κ2) is 4.11. The maximum absolute atomic E-state index is 11.5. The summed E-state index contributed by atoms with van der Waals surface area (Å²) in [7, 11) is 1.000. The number of hydrogen-bond acceptors (Lipinski definition) is 6. The lowest BCUT2D eigenvalue weighted by Gasteiger charge is -2.20. The topological polar surface area (TPSA) is 51.2 Å². The summed E-state index contributed by atoms with van der Waals surface area (Å²) in [5, 5.41) is 1.38. The van der Waals surface area contributed by atoms with E-state index in [0.29, 0.717) is 6.67 Å². The molecule has 1 rings (SSSR count). The second-order valence-electron chi connectivity index (χ2n) is 2.51. The van der Waals surface area contributed by atoms with E-state index in [9.17, 15) is 4.57 Å². The number of hydroxylamine groups is 2. The Hall–Kier alpha value is -0.550. The molecule has 0 bridgehead atoms. The van der Waals surface area contributed by atoms with Gasteiger partial charge in [0.15, 0.2) is 0 Å². The monoisotopic (exact) mass is 208 g/mol. The SMILES string of the molecule is COP(=O)(OC)ON1C=CN(C)C1. The van der Waals surface area contributed by atoms with E-state index in [-0.39, 0.29) is 0 Å². The molecule has 0 unspecified atom stereocenters. The quantitative estimate of drug-likeness (QED) is 0.642. The van der Waals surface area contributed by atoms with Gasteiger partial charge in [0, 0.05) is 33.7 Å². The molecule has 0 aromatic carbocycles. The third-order valence-corrected chi connectivity index (χ3v) is 2.81. The zero-order chi connectivity index (χ0) is 9.90.